The van der Waals surface area contributed by atoms with Crippen molar-refractivity contribution < 1.29 is 18.8 Å². The van der Waals surface area contributed by atoms with Crippen molar-refractivity contribution in [2.75, 3.05) is 13.2 Å². The van der Waals surface area contributed by atoms with Gasteiger partial charge in [0.25, 0.3) is 0 Å². The molecule has 1 atom stereocenters. The zero-order valence-corrected chi connectivity index (χ0v) is 7.10. The third-order valence-electron chi connectivity index (χ3n) is 0.986. The average Bonchev–Trinajstić information content (AvgIpc) is 2.01. The van der Waals surface area contributed by atoms with E-state index < -0.39 is 6.10 Å². The van der Waals surface area contributed by atoms with Crippen molar-refractivity contribution in [1.29, 1.82) is 0 Å². The molecule has 4 nitrogen and oxygen atoms in total. The van der Waals surface area contributed by atoms with E-state index >= 15 is 0 Å². The molecule has 0 aromatic heterocycles. The minimum absolute atomic E-state index is 0.00628. The summed E-state index contributed by atoms with van der Waals surface area (Å²) in [6, 6.07) is 0. The molecular formula is C6H11O4S. The number of carbonyl (C=O) groups excluding carboxylic acids is 1. The molecule has 0 fully saturated rings. The van der Waals surface area contributed by atoms with Crippen LogP contribution >= 0.6 is 12.9 Å². The van der Waals surface area contributed by atoms with Gasteiger partial charge in [0.05, 0.1) is 19.5 Å². The van der Waals surface area contributed by atoms with Crippen molar-refractivity contribution in [3.63, 3.8) is 0 Å². The van der Waals surface area contributed by atoms with Crippen molar-refractivity contribution in [3.8, 4) is 0 Å². The van der Waals surface area contributed by atoms with E-state index in [-0.39, 0.29) is 19.2 Å². The molecule has 0 saturated heterocycles. The van der Waals surface area contributed by atoms with E-state index in [0.29, 0.717) is 6.42 Å². The Hall–Kier alpha value is -0.260. The molecule has 0 rings (SSSR count). The first-order valence-electron chi connectivity index (χ1n) is 3.29. The van der Waals surface area contributed by atoms with Gasteiger partial charge in [-0.25, -0.2) is 0 Å². The van der Waals surface area contributed by atoms with Gasteiger partial charge in [0, 0.05) is 6.42 Å². The number of carbonyl (C=O) groups is 1. The van der Waals surface area contributed by atoms with Crippen LogP contribution in [0.5, 0.6) is 0 Å². The van der Waals surface area contributed by atoms with Crippen LogP contribution in [-0.4, -0.2) is 30.4 Å². The molecule has 0 saturated carbocycles. The first kappa shape index (κ1) is 10.7. The number of aliphatic hydroxyl groups is 1. The molecule has 0 aliphatic heterocycles. The van der Waals surface area contributed by atoms with Gasteiger partial charge in [-0.1, -0.05) is 6.92 Å². The molecule has 0 amide bonds. The smallest absolute Gasteiger partial charge is 0.305 e. The third kappa shape index (κ3) is 6.15. The van der Waals surface area contributed by atoms with Crippen LogP contribution in [0, 0.1) is 0 Å². The van der Waals surface area contributed by atoms with E-state index in [1.165, 1.54) is 0 Å². The van der Waals surface area contributed by atoms with E-state index in [0.717, 1.165) is 0 Å². The van der Waals surface area contributed by atoms with Gasteiger partial charge in [0.1, 0.15) is 12.7 Å². The highest BCUT2D eigenvalue weighted by molar-refractivity contribution is 7.75. The first-order chi connectivity index (χ1) is 5.20. The lowest BCUT2D eigenvalue weighted by Gasteiger charge is -2.07. The molecule has 1 N–H and O–H groups in total. The molecule has 1 radical (unpaired) electrons. The minimum atomic E-state index is -0.817. The van der Waals surface area contributed by atoms with Crippen molar-refractivity contribution in [3.05, 3.63) is 0 Å². The summed E-state index contributed by atoms with van der Waals surface area (Å²) in [5.41, 5.74) is 0. The van der Waals surface area contributed by atoms with Gasteiger partial charge in [0.2, 0.25) is 0 Å². The second-order valence-electron chi connectivity index (χ2n) is 1.97. The van der Waals surface area contributed by atoms with Gasteiger partial charge < -0.3 is 14.0 Å². The van der Waals surface area contributed by atoms with E-state index in [1.807, 2.05) is 0 Å². The van der Waals surface area contributed by atoms with Gasteiger partial charge in [-0.2, -0.15) is 0 Å². The maximum Gasteiger partial charge on any atom is 0.305 e. The first-order valence-corrected chi connectivity index (χ1v) is 3.62. The van der Waals surface area contributed by atoms with Gasteiger partial charge in [0.15, 0.2) is 0 Å². The summed E-state index contributed by atoms with van der Waals surface area (Å²) in [6.45, 7) is 1.63. The quantitative estimate of drug-likeness (QED) is 0.622. The van der Waals surface area contributed by atoms with Crippen LogP contribution in [0.15, 0.2) is 0 Å². The molecule has 0 bridgehead atoms. The van der Waals surface area contributed by atoms with Gasteiger partial charge in [-0.05, 0) is 0 Å². The monoisotopic (exact) mass is 179 g/mol. The zero-order chi connectivity index (χ0) is 8.69. The zero-order valence-electron chi connectivity index (χ0n) is 6.28. The summed E-state index contributed by atoms with van der Waals surface area (Å²) < 4.78 is 8.80. The number of aliphatic hydroxyl groups excluding tert-OH is 1. The fourth-order valence-electron chi connectivity index (χ4n) is 0.418. The SMILES string of the molecule is CCC(=O)OCC(O)CO[S]. The van der Waals surface area contributed by atoms with Crippen molar-refractivity contribution in [2.24, 2.45) is 0 Å². The number of hydrogen-bond donors (Lipinski definition) is 1. The molecule has 0 aromatic carbocycles. The van der Waals surface area contributed by atoms with E-state index in [1.54, 1.807) is 6.92 Å². The Morgan fingerprint density at radius 2 is 2.27 bits per heavy atom. The molecule has 0 aliphatic rings. The van der Waals surface area contributed by atoms with E-state index in [4.69, 9.17) is 5.11 Å². The Morgan fingerprint density at radius 3 is 2.73 bits per heavy atom. The summed E-state index contributed by atoms with van der Waals surface area (Å²) in [7, 11) is 0. The van der Waals surface area contributed by atoms with Crippen LogP contribution in [0.2, 0.25) is 0 Å². The number of rotatable bonds is 5. The van der Waals surface area contributed by atoms with Crippen molar-refractivity contribution >= 4 is 18.9 Å². The van der Waals surface area contributed by atoms with Crippen LogP contribution in [-0.2, 0) is 13.7 Å². The number of ether oxygens (including phenoxy) is 1. The predicted octanol–water partition coefficient (Wildman–Crippen LogP) is 0.430. The summed E-state index contributed by atoms with van der Waals surface area (Å²) >= 11 is 4.14. The van der Waals surface area contributed by atoms with E-state index in [9.17, 15) is 4.79 Å². The number of hydrogen-bond acceptors (Lipinski definition) is 4. The molecule has 5 heteroatoms. The molecule has 65 valence electrons. The lowest BCUT2D eigenvalue weighted by molar-refractivity contribution is -0.146. The Balaban J connectivity index is 3.29. The molecule has 0 aromatic rings. The molecular weight excluding hydrogens is 168 g/mol. The molecule has 11 heavy (non-hydrogen) atoms. The van der Waals surface area contributed by atoms with Gasteiger partial charge >= 0.3 is 5.97 Å². The fourth-order valence-corrected chi connectivity index (χ4v) is 0.575. The highest BCUT2D eigenvalue weighted by Gasteiger charge is 2.06. The lowest BCUT2D eigenvalue weighted by Crippen LogP contribution is -2.21. The fraction of sp³-hybridized carbons (Fsp3) is 0.833. The highest BCUT2D eigenvalue weighted by Crippen LogP contribution is 1.91. The Morgan fingerprint density at radius 1 is 1.64 bits per heavy atom. The second kappa shape index (κ2) is 6.45. The van der Waals surface area contributed by atoms with Crippen molar-refractivity contribution in [2.45, 2.75) is 19.4 Å². The Kier molecular flexibility index (Phi) is 6.30. The van der Waals surface area contributed by atoms with Crippen molar-refractivity contribution in [1.82, 2.24) is 0 Å². The minimum Gasteiger partial charge on any atom is -0.463 e. The van der Waals surface area contributed by atoms with Crippen LogP contribution in [0.1, 0.15) is 13.3 Å². The average molecular weight is 179 g/mol. The van der Waals surface area contributed by atoms with Crippen LogP contribution in [0.25, 0.3) is 0 Å². The maximum atomic E-state index is 10.5. The number of esters is 1. The maximum absolute atomic E-state index is 10.5. The Bertz CT molecular complexity index is 117. The van der Waals surface area contributed by atoms with Crippen LogP contribution < -0.4 is 0 Å². The summed E-state index contributed by atoms with van der Waals surface area (Å²) in [5, 5.41) is 8.92. The molecule has 0 heterocycles. The second-order valence-corrected chi connectivity index (χ2v) is 2.21. The van der Waals surface area contributed by atoms with Gasteiger partial charge in [-0.3, -0.25) is 4.79 Å². The summed E-state index contributed by atoms with van der Waals surface area (Å²) in [4.78, 5) is 10.5. The third-order valence-corrected chi connectivity index (χ3v) is 1.12. The topological polar surface area (TPSA) is 55.8 Å². The highest BCUT2D eigenvalue weighted by atomic mass is 32.1. The molecule has 1 unspecified atom stereocenters. The van der Waals surface area contributed by atoms with Crippen LogP contribution in [0.3, 0.4) is 0 Å². The van der Waals surface area contributed by atoms with E-state index in [2.05, 4.69) is 21.8 Å². The van der Waals surface area contributed by atoms with Crippen LogP contribution in [0.4, 0.5) is 0 Å². The summed E-state index contributed by atoms with van der Waals surface area (Å²) in [5.74, 6) is -0.339. The standard InChI is InChI=1S/C6H11O4S/c1-2-6(8)9-3-5(7)4-10-11/h5,7H,2-4H2,1H3. The van der Waals surface area contributed by atoms with Gasteiger partial charge in [-0.15, -0.1) is 0 Å². The molecule has 0 aliphatic carbocycles. The lowest BCUT2D eigenvalue weighted by atomic mass is 10.4. The summed E-state index contributed by atoms with van der Waals surface area (Å²) in [6.07, 6.45) is -0.510. The predicted molar refractivity (Wildman–Crippen MR) is 40.8 cm³/mol. The molecule has 0 spiro atoms. The Labute approximate surface area is 71.1 Å². The largest absolute Gasteiger partial charge is 0.463 e. The normalized spacial score (nSPS) is 12.6.